The summed E-state index contributed by atoms with van der Waals surface area (Å²) >= 11 is 0. The van der Waals surface area contributed by atoms with Crippen LogP contribution < -0.4 is 15.5 Å². The number of hydrogen-bond acceptors (Lipinski definition) is 14. The first kappa shape index (κ1) is 47.2. The van der Waals surface area contributed by atoms with Crippen LogP contribution in [0.2, 0.25) is 0 Å². The van der Waals surface area contributed by atoms with E-state index in [9.17, 15) is 44.7 Å². The van der Waals surface area contributed by atoms with Crippen LogP contribution in [0.4, 0.5) is 5.69 Å². The van der Waals surface area contributed by atoms with Gasteiger partial charge >= 0.3 is 11.8 Å². The monoisotopic (exact) mass is 839 g/mol. The Hall–Kier alpha value is -5.49. The number of carbonyl (C=O) groups is 4. The molecule has 3 aliphatic heterocycles. The molecule has 328 valence electrons. The van der Waals surface area contributed by atoms with E-state index in [1.807, 2.05) is 0 Å². The van der Waals surface area contributed by atoms with E-state index < -0.39 is 106 Å². The zero-order valence-electron chi connectivity index (χ0n) is 36.2. The number of allylic oxidation sites excluding steroid dienone is 2. The second-order valence-electron chi connectivity index (χ2n) is 16.9. The molecular weight excluding hydrogens is 780 g/mol. The Kier molecular flexibility index (Phi) is 14.5. The number of Topliss-reactive ketones (excluding diaryl/α,β-unsaturated/α-hetero) is 1. The van der Waals surface area contributed by atoms with Gasteiger partial charge in [0, 0.05) is 61.2 Å². The summed E-state index contributed by atoms with van der Waals surface area (Å²) in [6, 6.07) is 0. The molecule has 0 aliphatic carbocycles. The molecule has 17 heteroatoms. The minimum Gasteiger partial charge on any atom is -0.507 e. The molecule has 0 fully saturated rings. The number of ether oxygens (including phenoxy) is 4. The number of aliphatic hydroxyl groups excluding tert-OH is 2. The van der Waals surface area contributed by atoms with Crippen LogP contribution in [0, 0.1) is 30.6 Å². The number of hydrogen-bond donors (Lipinski definition) is 7. The predicted octanol–water partition coefficient (Wildman–Crippen LogP) is 3.91. The number of phenols is 3. The summed E-state index contributed by atoms with van der Waals surface area (Å²) in [5.41, 5.74) is 1.46. The summed E-state index contributed by atoms with van der Waals surface area (Å²) in [5.74, 6) is -9.55. The van der Waals surface area contributed by atoms with Gasteiger partial charge in [0.2, 0.25) is 0 Å². The largest absolute Gasteiger partial charge is 0.507 e. The van der Waals surface area contributed by atoms with Crippen LogP contribution in [0.5, 0.6) is 23.0 Å². The van der Waals surface area contributed by atoms with Crippen molar-refractivity contribution in [3.8, 4) is 23.0 Å². The number of methoxy groups -OCH3 is 1. The number of anilines is 1. The van der Waals surface area contributed by atoms with Gasteiger partial charge in [0.25, 0.3) is 17.6 Å². The highest BCUT2D eigenvalue weighted by Gasteiger charge is 2.50. The second-order valence-corrected chi connectivity index (χ2v) is 16.9. The summed E-state index contributed by atoms with van der Waals surface area (Å²) in [4.78, 5) is 53.0. The fourth-order valence-electron chi connectivity index (χ4n) is 7.51. The van der Waals surface area contributed by atoms with Crippen LogP contribution in [0.25, 0.3) is 10.8 Å². The molecule has 60 heavy (non-hydrogen) atoms. The number of nitrogens with one attached hydrogen (secondary N) is 2. The Morgan fingerprint density at radius 1 is 0.967 bits per heavy atom. The van der Waals surface area contributed by atoms with E-state index in [0.717, 1.165) is 12.5 Å². The zero-order chi connectivity index (χ0) is 45.2. The van der Waals surface area contributed by atoms with Gasteiger partial charge < -0.3 is 54.3 Å². The highest BCUT2D eigenvalue weighted by molar-refractivity contribution is 6.24. The number of phenolic OH excluding ortho intramolecular Hbond substituents is 3. The lowest BCUT2D eigenvalue weighted by molar-refractivity contribution is -0.862. The van der Waals surface area contributed by atoms with Gasteiger partial charge in [-0.15, -0.1) is 0 Å². The van der Waals surface area contributed by atoms with Crippen LogP contribution >= 0.6 is 0 Å². The maximum Gasteiger partial charge on any atom is 0.312 e. The molecule has 3 heterocycles. The Bertz CT molecular complexity index is 2140. The van der Waals surface area contributed by atoms with Gasteiger partial charge in [0.15, 0.2) is 12.3 Å². The minimum absolute atomic E-state index is 0.000506. The number of esters is 1. The number of fused-ring (bicyclic) bond motifs is 14. The van der Waals surface area contributed by atoms with Gasteiger partial charge in [-0.2, -0.15) is 5.10 Å². The average Bonchev–Trinajstić information content (AvgIpc) is 3.43. The number of likely N-dealkylation sites (N-methyl/N-ethyl adjacent to an activating group) is 1. The van der Waals surface area contributed by atoms with E-state index >= 15 is 0 Å². The average molecular weight is 840 g/mol. The number of quaternary nitrogens is 1. The maximum atomic E-state index is 14.4. The Morgan fingerprint density at radius 3 is 2.22 bits per heavy atom. The van der Waals surface area contributed by atoms with Gasteiger partial charge in [-0.05, 0) is 19.9 Å². The molecule has 2 aromatic carbocycles. The third-order valence-electron chi connectivity index (χ3n) is 11.0. The van der Waals surface area contributed by atoms with Crippen molar-refractivity contribution in [1.82, 2.24) is 5.43 Å². The lowest BCUT2D eigenvalue weighted by Crippen LogP contribution is -2.46. The molecule has 0 spiro atoms. The number of nitrogens with zero attached hydrogens (tertiary/aromatic N) is 2. The summed E-state index contributed by atoms with van der Waals surface area (Å²) in [6.07, 6.45) is 4.24. The van der Waals surface area contributed by atoms with Crippen molar-refractivity contribution in [2.75, 3.05) is 40.1 Å². The van der Waals surface area contributed by atoms with Crippen LogP contribution in [-0.2, 0) is 28.6 Å². The van der Waals surface area contributed by atoms with Crippen molar-refractivity contribution in [2.24, 2.45) is 28.8 Å². The third kappa shape index (κ3) is 9.75. The molecule has 17 nitrogen and oxygen atoms in total. The number of ketones is 1. The molecule has 3 aliphatic rings. The smallest absolute Gasteiger partial charge is 0.312 e. The van der Waals surface area contributed by atoms with Gasteiger partial charge in [0.1, 0.15) is 23.4 Å². The van der Waals surface area contributed by atoms with Crippen LogP contribution in [-0.4, -0.2) is 125 Å². The molecule has 0 saturated carbocycles. The van der Waals surface area contributed by atoms with E-state index in [0.29, 0.717) is 0 Å². The third-order valence-corrected chi connectivity index (χ3v) is 11.0. The fraction of sp³-hybridized carbons (Fsp3) is 0.512. The number of aliphatic hydroxyl groups is 2. The molecule has 2 amide bonds. The predicted molar refractivity (Wildman–Crippen MR) is 222 cm³/mol. The number of amides is 2. The van der Waals surface area contributed by atoms with E-state index in [1.165, 1.54) is 53.0 Å². The minimum atomic E-state index is -2.10. The molecule has 2 aromatic rings. The molecule has 0 aromatic heterocycles. The molecule has 0 radical (unpaired) electrons. The molecular formula is C43H59N4O13+. The summed E-state index contributed by atoms with van der Waals surface area (Å²) < 4.78 is 23.7. The summed E-state index contributed by atoms with van der Waals surface area (Å²) in [7, 11) is 6.79. The summed E-state index contributed by atoms with van der Waals surface area (Å²) in [6.45, 7) is 12.3. The molecule has 9 atom stereocenters. The number of aromatic hydroxyl groups is 3. The molecule has 5 bridgehead atoms. The van der Waals surface area contributed by atoms with Gasteiger partial charge in [-0.3, -0.25) is 19.2 Å². The lowest BCUT2D eigenvalue weighted by Gasteiger charge is -2.38. The first-order valence-electron chi connectivity index (χ1n) is 19.6. The zero-order valence-corrected chi connectivity index (χ0v) is 36.2. The van der Waals surface area contributed by atoms with Crippen molar-refractivity contribution in [3.63, 3.8) is 0 Å². The van der Waals surface area contributed by atoms with E-state index in [2.05, 4.69) is 15.8 Å². The van der Waals surface area contributed by atoms with Gasteiger partial charge in [-0.25, -0.2) is 5.43 Å². The van der Waals surface area contributed by atoms with Crippen molar-refractivity contribution in [1.29, 1.82) is 0 Å². The van der Waals surface area contributed by atoms with E-state index in [1.54, 1.807) is 54.9 Å². The number of rotatable bonds is 6. The van der Waals surface area contributed by atoms with Crippen molar-refractivity contribution < 1.29 is 68.1 Å². The van der Waals surface area contributed by atoms with Crippen molar-refractivity contribution >= 4 is 46.2 Å². The maximum absolute atomic E-state index is 14.4. The van der Waals surface area contributed by atoms with Crippen molar-refractivity contribution in [2.45, 2.75) is 85.6 Å². The standard InChI is InChI=1S/C43H58N4O13/c1-20-14-13-15-21(2)42(56)45-33-27(18-44-46-29(49)19-47(9,10)11)37(53)30-31(38(33)54)36(52)25(6)40-32(30)41(55)43(8,60-40)58-17-16-28(57-12)22(3)39(59-26(7)48)24(5)35(51)23(4)34(20)50/h13-18,20,22-24,28,34-35,39,50-51H,19H2,1-12H3,(H4-,44,45,46,49,52,53,54,55,56)/p+1. The van der Waals surface area contributed by atoms with Crippen LogP contribution in [0.15, 0.2) is 41.2 Å². The summed E-state index contributed by atoms with van der Waals surface area (Å²) in [5, 5.41) is 63.9. The second kappa shape index (κ2) is 18.4. The first-order valence-corrected chi connectivity index (χ1v) is 19.6. The number of hydrazone groups is 1. The van der Waals surface area contributed by atoms with Crippen LogP contribution in [0.1, 0.15) is 70.0 Å². The molecule has 5 rings (SSSR count). The van der Waals surface area contributed by atoms with Gasteiger partial charge in [-0.1, -0.05) is 45.9 Å². The Balaban J connectivity index is 1.97. The Morgan fingerprint density at radius 2 is 1.62 bits per heavy atom. The number of carbonyl (C=O) groups excluding carboxylic acids is 4. The topological polar surface area (TPSA) is 243 Å². The quantitative estimate of drug-likeness (QED) is 0.0546. The van der Waals surface area contributed by atoms with Crippen molar-refractivity contribution in [3.05, 3.63) is 52.8 Å². The normalized spacial score (nSPS) is 28.1. The SMILES string of the molecule is COC1C=COC2(C)Oc3c(C)c(O)c4c(O)c(c(C=NNC(=O)C[N+](C)(C)C)c(O)c4c3C2=O)NC(=O)C(C)=CC=CC(C)C(O)C(C)C(O)C(C)C(OC(C)=O)C1C. The highest BCUT2D eigenvalue weighted by Crippen LogP contribution is 2.55. The first-order chi connectivity index (χ1) is 27.9. The molecule has 7 N–H and O–H groups in total. The molecule has 0 saturated heterocycles. The number of benzene rings is 2. The lowest BCUT2D eigenvalue weighted by atomic mass is 9.78. The van der Waals surface area contributed by atoms with E-state index in [-0.39, 0.29) is 44.4 Å². The van der Waals surface area contributed by atoms with Gasteiger partial charge in [0.05, 0.1) is 74.1 Å². The molecule has 9 unspecified atom stereocenters. The highest BCUT2D eigenvalue weighted by atomic mass is 16.7. The Labute approximate surface area is 349 Å². The van der Waals surface area contributed by atoms with Crippen LogP contribution in [0.3, 0.4) is 0 Å². The fourth-order valence-corrected chi connectivity index (χ4v) is 7.51. The van der Waals surface area contributed by atoms with E-state index in [4.69, 9.17) is 18.9 Å².